The number of aromatic amines is 2. The maximum absolute atomic E-state index is 12.7. The van der Waals surface area contributed by atoms with E-state index in [1.165, 1.54) is 12.6 Å². The number of fused-ring (bicyclic) bond motifs is 4. The van der Waals surface area contributed by atoms with E-state index < -0.39 is 9.84 Å². The van der Waals surface area contributed by atoms with Crippen LogP contribution in [0.4, 0.5) is 11.5 Å². The lowest BCUT2D eigenvalue weighted by molar-refractivity contribution is -0.125. The number of carbonyl (C=O) groups excluding carboxylic acids is 1. The number of carbonyl (C=O) groups is 1. The van der Waals surface area contributed by atoms with E-state index in [0.29, 0.717) is 25.2 Å². The Morgan fingerprint density at radius 3 is 3.00 bits per heavy atom. The van der Waals surface area contributed by atoms with Gasteiger partial charge in [0.25, 0.3) is 0 Å². The first-order valence-corrected chi connectivity index (χ1v) is 12.9. The van der Waals surface area contributed by atoms with E-state index in [-0.39, 0.29) is 17.6 Å². The molecule has 1 aromatic carbocycles. The minimum Gasteiger partial charge on any atom is -0.356 e. The van der Waals surface area contributed by atoms with Crippen LogP contribution < -0.4 is 10.6 Å². The van der Waals surface area contributed by atoms with Gasteiger partial charge in [-0.3, -0.25) is 9.89 Å². The molecule has 172 valence electrons. The number of sulfone groups is 1. The fourth-order valence-electron chi connectivity index (χ4n) is 4.41. The van der Waals surface area contributed by atoms with Gasteiger partial charge in [-0.15, -0.1) is 0 Å². The van der Waals surface area contributed by atoms with Crippen molar-refractivity contribution in [1.29, 1.82) is 0 Å². The third kappa shape index (κ3) is 4.54. The molecule has 0 spiro atoms. The highest BCUT2D eigenvalue weighted by atomic mass is 32.2. The second-order valence-corrected chi connectivity index (χ2v) is 10.8. The zero-order valence-electron chi connectivity index (χ0n) is 18.2. The van der Waals surface area contributed by atoms with Crippen LogP contribution in [0.5, 0.6) is 0 Å². The van der Waals surface area contributed by atoms with E-state index in [0.717, 1.165) is 51.7 Å². The first-order valence-electron chi connectivity index (χ1n) is 10.9. The van der Waals surface area contributed by atoms with Crippen LogP contribution in [0, 0.1) is 5.92 Å². The number of rotatable bonds is 7. The summed E-state index contributed by atoms with van der Waals surface area (Å²) in [5.41, 5.74) is 4.73. The summed E-state index contributed by atoms with van der Waals surface area (Å²) in [5.74, 6) is 0.543. The van der Waals surface area contributed by atoms with Gasteiger partial charge in [0.15, 0.2) is 0 Å². The second kappa shape index (κ2) is 8.47. The Hall–Kier alpha value is -3.47. The number of hydrogen-bond donors (Lipinski definition) is 4. The molecule has 4 N–H and O–H groups in total. The van der Waals surface area contributed by atoms with Gasteiger partial charge in [-0.05, 0) is 49.4 Å². The predicted molar refractivity (Wildman–Crippen MR) is 126 cm³/mol. The van der Waals surface area contributed by atoms with Crippen LogP contribution in [0.2, 0.25) is 0 Å². The molecule has 1 aliphatic carbocycles. The lowest BCUT2D eigenvalue weighted by Gasteiger charge is -2.22. The van der Waals surface area contributed by atoms with Gasteiger partial charge in [-0.1, -0.05) is 0 Å². The van der Waals surface area contributed by atoms with Crippen molar-refractivity contribution < 1.29 is 13.2 Å². The summed E-state index contributed by atoms with van der Waals surface area (Å²) in [6, 6.07) is 5.92. The van der Waals surface area contributed by atoms with E-state index in [1.807, 2.05) is 18.2 Å². The fourth-order valence-corrected chi connectivity index (χ4v) is 5.08. The van der Waals surface area contributed by atoms with E-state index in [9.17, 15) is 13.2 Å². The average Bonchev–Trinajstić information content (AvgIpc) is 3.39. The first-order chi connectivity index (χ1) is 15.9. The molecule has 1 aliphatic rings. The molecule has 11 heteroatoms. The third-order valence-corrected chi connectivity index (χ3v) is 7.07. The molecule has 3 heterocycles. The molecule has 1 atom stereocenters. The average molecular weight is 468 g/mol. The van der Waals surface area contributed by atoms with E-state index in [4.69, 9.17) is 0 Å². The van der Waals surface area contributed by atoms with Crippen LogP contribution >= 0.6 is 0 Å². The Morgan fingerprint density at radius 1 is 1.27 bits per heavy atom. The minimum atomic E-state index is -3.02. The number of aromatic nitrogens is 5. The smallest absolute Gasteiger partial charge is 0.223 e. The van der Waals surface area contributed by atoms with Crippen LogP contribution in [0.25, 0.3) is 21.9 Å². The van der Waals surface area contributed by atoms with Crippen molar-refractivity contribution in [1.82, 2.24) is 30.5 Å². The SMILES string of the molecule is CS(=O)(=O)CCCNC(=O)C1CCc2[nH]c3ncnc(Nc4ccc5[nH]ncc5c4)c3c2C1. The third-order valence-electron chi connectivity index (χ3n) is 6.04. The van der Waals surface area contributed by atoms with Crippen LogP contribution in [0.3, 0.4) is 0 Å². The van der Waals surface area contributed by atoms with Crippen molar-refractivity contribution in [3.8, 4) is 0 Å². The van der Waals surface area contributed by atoms with Gasteiger partial charge in [0.05, 0.1) is 22.9 Å². The lowest BCUT2D eigenvalue weighted by Crippen LogP contribution is -2.35. The van der Waals surface area contributed by atoms with E-state index in [2.05, 4.69) is 35.8 Å². The summed E-state index contributed by atoms with van der Waals surface area (Å²) in [7, 11) is -3.02. The summed E-state index contributed by atoms with van der Waals surface area (Å²) in [4.78, 5) is 25.0. The Kier molecular flexibility index (Phi) is 5.49. The van der Waals surface area contributed by atoms with E-state index >= 15 is 0 Å². The number of hydrogen-bond acceptors (Lipinski definition) is 7. The first kappa shape index (κ1) is 21.4. The van der Waals surface area contributed by atoms with Crippen molar-refractivity contribution in [2.45, 2.75) is 25.7 Å². The molecule has 10 nitrogen and oxygen atoms in total. The molecule has 4 aromatic rings. The van der Waals surface area contributed by atoms with Crippen LogP contribution in [-0.2, 0) is 27.5 Å². The standard InChI is InChI=1S/C22H25N7O3S/c1-33(31,32)8-2-7-23-22(30)13-3-5-18-16(10-13)19-20(24-12-25-21(19)28-18)27-15-4-6-17-14(9-15)11-26-29-17/h4,6,9,11-13H,2-3,5,7-8,10H2,1H3,(H,23,30)(H,26,29)(H2,24,25,27,28). The maximum Gasteiger partial charge on any atom is 0.223 e. The minimum absolute atomic E-state index is 0.0414. The molecular weight excluding hydrogens is 442 g/mol. The molecule has 3 aromatic heterocycles. The summed E-state index contributed by atoms with van der Waals surface area (Å²) < 4.78 is 22.6. The quantitative estimate of drug-likeness (QED) is 0.305. The lowest BCUT2D eigenvalue weighted by atomic mass is 9.86. The van der Waals surface area contributed by atoms with E-state index in [1.54, 1.807) is 6.20 Å². The van der Waals surface area contributed by atoms with Crippen molar-refractivity contribution in [2.24, 2.45) is 5.92 Å². The predicted octanol–water partition coefficient (Wildman–Crippen LogP) is 2.23. The molecule has 0 saturated carbocycles. The summed E-state index contributed by atoms with van der Waals surface area (Å²) >= 11 is 0. The summed E-state index contributed by atoms with van der Waals surface area (Å²) in [6.07, 6.45) is 6.96. The highest BCUT2D eigenvalue weighted by Gasteiger charge is 2.29. The molecule has 1 amide bonds. The van der Waals surface area contributed by atoms with Crippen LogP contribution in [0.15, 0.2) is 30.7 Å². The number of amides is 1. The topological polar surface area (TPSA) is 146 Å². The molecule has 0 saturated heterocycles. The zero-order valence-corrected chi connectivity index (χ0v) is 19.0. The van der Waals surface area contributed by atoms with Gasteiger partial charge >= 0.3 is 0 Å². The number of benzene rings is 1. The molecule has 0 fully saturated rings. The van der Waals surface area contributed by atoms with Crippen LogP contribution in [-0.4, -0.2) is 58.0 Å². The molecule has 33 heavy (non-hydrogen) atoms. The second-order valence-electron chi connectivity index (χ2n) is 8.54. The fraction of sp³-hybridized carbons (Fsp3) is 0.364. The van der Waals surface area contributed by atoms with Gasteiger partial charge in [0.1, 0.15) is 27.6 Å². The number of anilines is 2. The Labute approximate surface area is 190 Å². The van der Waals surface area contributed by atoms with Crippen molar-refractivity contribution >= 4 is 49.2 Å². The summed E-state index contributed by atoms with van der Waals surface area (Å²) in [6.45, 7) is 0.357. The van der Waals surface area contributed by atoms with Gasteiger partial charge in [-0.25, -0.2) is 18.4 Å². The summed E-state index contributed by atoms with van der Waals surface area (Å²) in [5, 5.41) is 15.2. The number of H-pyrrole nitrogens is 2. The highest BCUT2D eigenvalue weighted by molar-refractivity contribution is 7.90. The van der Waals surface area contributed by atoms with Gasteiger partial charge in [0, 0.05) is 35.5 Å². The Balaban J connectivity index is 1.36. The van der Waals surface area contributed by atoms with Crippen molar-refractivity contribution in [3.63, 3.8) is 0 Å². The maximum atomic E-state index is 12.7. The largest absolute Gasteiger partial charge is 0.356 e. The normalized spacial score (nSPS) is 16.1. The molecule has 5 rings (SSSR count). The molecule has 0 radical (unpaired) electrons. The highest BCUT2D eigenvalue weighted by Crippen LogP contribution is 2.35. The number of nitrogens with one attached hydrogen (secondary N) is 4. The zero-order chi connectivity index (χ0) is 23.0. The molecule has 1 unspecified atom stereocenters. The van der Waals surface area contributed by atoms with Crippen molar-refractivity contribution in [3.05, 3.63) is 42.0 Å². The van der Waals surface area contributed by atoms with Crippen molar-refractivity contribution in [2.75, 3.05) is 23.9 Å². The molecule has 0 bridgehead atoms. The van der Waals surface area contributed by atoms with Gasteiger partial charge in [-0.2, -0.15) is 5.10 Å². The Bertz CT molecular complexity index is 1440. The number of aryl methyl sites for hydroxylation is 1. The van der Waals surface area contributed by atoms with Gasteiger partial charge < -0.3 is 15.6 Å². The molecule has 0 aliphatic heterocycles. The molecular formula is C22H25N7O3S. The Morgan fingerprint density at radius 2 is 2.15 bits per heavy atom. The number of nitrogens with zero attached hydrogens (tertiary/aromatic N) is 3. The monoisotopic (exact) mass is 467 g/mol. The van der Waals surface area contributed by atoms with Crippen LogP contribution in [0.1, 0.15) is 24.1 Å². The van der Waals surface area contributed by atoms with Gasteiger partial charge in [0.2, 0.25) is 5.91 Å².